The lowest BCUT2D eigenvalue weighted by Gasteiger charge is -2.15. The Morgan fingerprint density at radius 1 is 1.05 bits per heavy atom. The predicted molar refractivity (Wildman–Crippen MR) is 162 cm³/mol. The summed E-state index contributed by atoms with van der Waals surface area (Å²) < 4.78 is 21.6. The van der Waals surface area contributed by atoms with Gasteiger partial charge >= 0.3 is 5.63 Å². The van der Waals surface area contributed by atoms with Gasteiger partial charge in [0.15, 0.2) is 17.3 Å². The summed E-state index contributed by atoms with van der Waals surface area (Å²) in [5.74, 6) is 0.629. The van der Waals surface area contributed by atoms with E-state index < -0.39 is 5.63 Å². The van der Waals surface area contributed by atoms with Crippen molar-refractivity contribution in [1.29, 1.82) is 5.26 Å². The molecule has 11 heteroatoms. The molecule has 210 valence electrons. The number of methoxy groups -OCH3 is 3. The van der Waals surface area contributed by atoms with Crippen LogP contribution in [0, 0.1) is 11.3 Å². The van der Waals surface area contributed by atoms with Crippen LogP contribution in [-0.2, 0) is 0 Å². The number of nitrogens with one attached hydrogen (secondary N) is 1. The fraction of sp³-hybridized carbons (Fsp3) is 0.0968. The SMILES string of the molecule is COc1cc(C(=O)c2cc(Cl)ccc2NC=C(C#N)c2nc(-c3cc4ccccc4oc3=O)cs2)cc(OC)c1OC. The number of anilines is 1. The number of ketones is 1. The largest absolute Gasteiger partial charge is 0.493 e. The van der Waals surface area contributed by atoms with E-state index in [1.54, 1.807) is 47.8 Å². The number of aromatic nitrogens is 1. The second-order valence-corrected chi connectivity index (χ2v) is 10.1. The molecular weight excluding hydrogens is 578 g/mol. The minimum atomic E-state index is -0.526. The van der Waals surface area contributed by atoms with E-state index in [0.717, 1.165) is 5.39 Å². The van der Waals surface area contributed by atoms with Crippen molar-refractivity contribution in [2.24, 2.45) is 0 Å². The van der Waals surface area contributed by atoms with Crippen LogP contribution in [0.5, 0.6) is 17.2 Å². The molecule has 0 radical (unpaired) electrons. The molecule has 0 atom stereocenters. The summed E-state index contributed by atoms with van der Waals surface area (Å²) in [6.07, 6.45) is 1.45. The van der Waals surface area contributed by atoms with Crippen LogP contribution in [0.4, 0.5) is 5.69 Å². The van der Waals surface area contributed by atoms with Crippen molar-refractivity contribution in [2.45, 2.75) is 0 Å². The first kappa shape index (κ1) is 28.4. The number of thiazole rings is 1. The average molecular weight is 600 g/mol. The maximum Gasteiger partial charge on any atom is 0.345 e. The quantitative estimate of drug-likeness (QED) is 0.111. The number of halogens is 1. The van der Waals surface area contributed by atoms with E-state index >= 15 is 0 Å². The minimum absolute atomic E-state index is 0.192. The van der Waals surface area contributed by atoms with E-state index in [-0.39, 0.29) is 28.0 Å². The van der Waals surface area contributed by atoms with Gasteiger partial charge in [-0.15, -0.1) is 11.3 Å². The van der Waals surface area contributed by atoms with Crippen LogP contribution >= 0.6 is 22.9 Å². The van der Waals surface area contributed by atoms with Crippen molar-refractivity contribution in [3.63, 3.8) is 0 Å². The Labute approximate surface area is 249 Å². The van der Waals surface area contributed by atoms with Crippen LogP contribution in [0.1, 0.15) is 20.9 Å². The van der Waals surface area contributed by atoms with Crippen molar-refractivity contribution in [2.75, 3.05) is 26.6 Å². The van der Waals surface area contributed by atoms with Crippen LogP contribution in [0.15, 0.2) is 81.5 Å². The summed E-state index contributed by atoms with van der Waals surface area (Å²) in [5.41, 5.74) is 1.75. The summed E-state index contributed by atoms with van der Waals surface area (Å²) >= 11 is 7.45. The van der Waals surface area contributed by atoms with E-state index in [0.29, 0.717) is 44.2 Å². The smallest absolute Gasteiger partial charge is 0.345 e. The first-order valence-electron chi connectivity index (χ1n) is 12.4. The maximum absolute atomic E-state index is 13.6. The first-order valence-corrected chi connectivity index (χ1v) is 13.6. The molecule has 0 aliphatic heterocycles. The summed E-state index contributed by atoms with van der Waals surface area (Å²) in [6.45, 7) is 0. The van der Waals surface area contributed by atoms with E-state index in [1.165, 1.54) is 44.9 Å². The Bertz CT molecular complexity index is 1930. The number of nitriles is 1. The molecule has 1 N–H and O–H groups in total. The van der Waals surface area contributed by atoms with Gasteiger partial charge in [-0.1, -0.05) is 29.8 Å². The molecule has 0 amide bonds. The van der Waals surface area contributed by atoms with Gasteiger partial charge in [-0.2, -0.15) is 5.26 Å². The molecule has 42 heavy (non-hydrogen) atoms. The van der Waals surface area contributed by atoms with Crippen LogP contribution in [0.3, 0.4) is 0 Å². The number of allylic oxidation sites excluding steroid dienone is 1. The van der Waals surface area contributed by atoms with Crippen LogP contribution in [-0.4, -0.2) is 32.1 Å². The average Bonchev–Trinajstić information content (AvgIpc) is 3.50. The van der Waals surface area contributed by atoms with Crippen molar-refractivity contribution < 1.29 is 23.4 Å². The first-order chi connectivity index (χ1) is 20.4. The highest BCUT2D eigenvalue weighted by Crippen LogP contribution is 2.39. The molecule has 2 aromatic heterocycles. The van der Waals surface area contributed by atoms with Gasteiger partial charge in [0.2, 0.25) is 5.75 Å². The van der Waals surface area contributed by atoms with Gasteiger partial charge in [-0.3, -0.25) is 4.79 Å². The van der Waals surface area contributed by atoms with Crippen LogP contribution < -0.4 is 25.2 Å². The van der Waals surface area contributed by atoms with Crippen molar-refractivity contribution in [3.8, 4) is 34.6 Å². The number of fused-ring (bicyclic) bond motifs is 1. The lowest BCUT2D eigenvalue weighted by Crippen LogP contribution is -2.07. The van der Waals surface area contributed by atoms with Crippen molar-refractivity contribution in [3.05, 3.63) is 104 Å². The Morgan fingerprint density at radius 3 is 2.48 bits per heavy atom. The maximum atomic E-state index is 13.6. The zero-order valence-electron chi connectivity index (χ0n) is 22.6. The Kier molecular flexibility index (Phi) is 8.24. The molecule has 0 unspecified atom stereocenters. The van der Waals surface area contributed by atoms with Gasteiger partial charge in [-0.25, -0.2) is 9.78 Å². The Hall–Kier alpha value is -5.11. The Balaban J connectivity index is 1.47. The lowest BCUT2D eigenvalue weighted by atomic mass is 10.0. The summed E-state index contributed by atoms with van der Waals surface area (Å²) in [6, 6.07) is 18.9. The third kappa shape index (κ3) is 5.56. The second kappa shape index (κ2) is 12.2. The van der Waals surface area contributed by atoms with E-state index in [9.17, 15) is 14.9 Å². The molecule has 2 heterocycles. The number of hydrogen-bond donors (Lipinski definition) is 1. The molecule has 9 nitrogen and oxygen atoms in total. The zero-order chi connectivity index (χ0) is 29.8. The monoisotopic (exact) mass is 599 g/mol. The zero-order valence-corrected chi connectivity index (χ0v) is 24.1. The predicted octanol–water partition coefficient (Wildman–Crippen LogP) is 6.80. The van der Waals surface area contributed by atoms with E-state index in [1.807, 2.05) is 12.1 Å². The van der Waals surface area contributed by atoms with Gasteiger partial charge in [0.25, 0.3) is 0 Å². The van der Waals surface area contributed by atoms with Crippen LogP contribution in [0.25, 0.3) is 27.8 Å². The van der Waals surface area contributed by atoms with Gasteiger partial charge in [-0.05, 0) is 42.5 Å². The lowest BCUT2D eigenvalue weighted by molar-refractivity contribution is 0.103. The molecule has 0 aliphatic carbocycles. The van der Waals surface area contributed by atoms with E-state index in [4.69, 9.17) is 30.2 Å². The van der Waals surface area contributed by atoms with E-state index in [2.05, 4.69) is 16.4 Å². The van der Waals surface area contributed by atoms with Crippen LogP contribution in [0.2, 0.25) is 5.02 Å². The fourth-order valence-electron chi connectivity index (χ4n) is 4.25. The third-order valence-electron chi connectivity index (χ3n) is 6.30. The normalized spacial score (nSPS) is 11.2. The number of benzene rings is 3. The number of rotatable bonds is 9. The standard InChI is InChI=1S/C31H22ClN3O6S/c1-38-26-11-18(12-27(39-2)29(26)40-3)28(36)21-13-20(32)8-9-23(21)34-15-19(14-33)30-35-24(16-42-30)22-10-17-6-4-5-7-25(17)41-31(22)37/h4-13,15-16,34H,1-3H3. The second-order valence-electron chi connectivity index (χ2n) is 8.77. The topological polar surface area (TPSA) is 124 Å². The molecule has 5 aromatic rings. The minimum Gasteiger partial charge on any atom is -0.493 e. The highest BCUT2D eigenvalue weighted by molar-refractivity contribution is 7.11. The highest BCUT2D eigenvalue weighted by Gasteiger charge is 2.21. The molecule has 0 saturated carbocycles. The number of para-hydroxylation sites is 1. The summed E-state index contributed by atoms with van der Waals surface area (Å²) in [4.78, 5) is 30.7. The number of carbonyl (C=O) groups excluding carboxylic acids is 1. The van der Waals surface area contributed by atoms with Gasteiger partial charge in [0.05, 0.1) is 32.6 Å². The number of carbonyl (C=O) groups is 1. The molecule has 0 aliphatic rings. The Morgan fingerprint density at radius 2 is 1.79 bits per heavy atom. The van der Waals surface area contributed by atoms with Gasteiger partial charge in [0, 0.05) is 38.8 Å². The third-order valence-corrected chi connectivity index (χ3v) is 7.41. The molecule has 0 fully saturated rings. The summed E-state index contributed by atoms with van der Waals surface area (Å²) in [7, 11) is 4.40. The number of hydrogen-bond acceptors (Lipinski definition) is 10. The molecule has 0 bridgehead atoms. The van der Waals surface area contributed by atoms with Crippen molar-refractivity contribution >= 4 is 51.0 Å². The summed E-state index contributed by atoms with van der Waals surface area (Å²) in [5, 5.41) is 16.1. The molecule has 5 rings (SSSR count). The molecular formula is C31H22ClN3O6S. The van der Waals surface area contributed by atoms with Gasteiger partial charge in [0.1, 0.15) is 22.2 Å². The van der Waals surface area contributed by atoms with Gasteiger partial charge < -0.3 is 23.9 Å². The molecule has 0 spiro atoms. The molecule has 0 saturated heterocycles. The fourth-order valence-corrected chi connectivity index (χ4v) is 5.21. The molecule has 3 aromatic carbocycles. The number of ether oxygens (including phenoxy) is 3. The van der Waals surface area contributed by atoms with Crippen molar-refractivity contribution in [1.82, 2.24) is 4.98 Å². The highest BCUT2D eigenvalue weighted by atomic mass is 35.5. The number of nitrogens with zero attached hydrogens (tertiary/aromatic N) is 2.